The second-order valence-electron chi connectivity index (χ2n) is 7.13. The fourth-order valence-corrected chi connectivity index (χ4v) is 3.95. The van der Waals surface area contributed by atoms with Gasteiger partial charge in [0.1, 0.15) is 11.2 Å². The van der Waals surface area contributed by atoms with E-state index in [1.807, 2.05) is 97.9 Å². The molecular formula is C27H20O3. The molecule has 0 bridgehead atoms. The molecule has 0 saturated heterocycles. The Labute approximate surface area is 174 Å². The van der Waals surface area contributed by atoms with Crippen LogP contribution in [0.3, 0.4) is 0 Å². The molecule has 1 aromatic heterocycles. The van der Waals surface area contributed by atoms with Crippen LogP contribution in [0.2, 0.25) is 0 Å². The Kier molecular flexibility index (Phi) is 4.56. The highest BCUT2D eigenvalue weighted by Crippen LogP contribution is 2.34. The van der Waals surface area contributed by atoms with E-state index >= 15 is 0 Å². The van der Waals surface area contributed by atoms with E-state index in [2.05, 4.69) is 0 Å². The van der Waals surface area contributed by atoms with Gasteiger partial charge in [-0.15, -0.1) is 0 Å². The van der Waals surface area contributed by atoms with E-state index in [-0.39, 0.29) is 5.97 Å². The number of fused-ring (bicyclic) bond motifs is 4. The highest BCUT2D eigenvalue weighted by Gasteiger charge is 2.18. The highest BCUT2D eigenvalue weighted by atomic mass is 16.5. The van der Waals surface area contributed by atoms with Gasteiger partial charge >= 0.3 is 5.97 Å². The van der Waals surface area contributed by atoms with Crippen molar-refractivity contribution in [2.45, 2.75) is 6.92 Å². The van der Waals surface area contributed by atoms with Crippen LogP contribution in [0.25, 0.3) is 44.4 Å². The molecule has 5 rings (SSSR count). The molecule has 4 aromatic carbocycles. The summed E-state index contributed by atoms with van der Waals surface area (Å²) in [6, 6.07) is 28.0. The minimum atomic E-state index is -0.345. The maximum absolute atomic E-state index is 13.0. The van der Waals surface area contributed by atoms with Crippen LogP contribution >= 0.6 is 0 Å². The van der Waals surface area contributed by atoms with Gasteiger partial charge in [0.2, 0.25) is 0 Å². The van der Waals surface area contributed by atoms with Crippen LogP contribution in [-0.2, 0) is 9.53 Å². The van der Waals surface area contributed by atoms with Crippen molar-refractivity contribution in [2.24, 2.45) is 0 Å². The van der Waals surface area contributed by atoms with Crippen molar-refractivity contribution in [3.63, 3.8) is 0 Å². The number of carbonyl (C=O) groups is 1. The third kappa shape index (κ3) is 3.05. The SMILES string of the molecule is CCOC(=O)/C(=C\c1cccc2c1oc1ccccc12)c1cccc2ccccc12. The molecule has 0 saturated carbocycles. The summed E-state index contributed by atoms with van der Waals surface area (Å²) >= 11 is 0. The second kappa shape index (κ2) is 7.53. The van der Waals surface area contributed by atoms with Gasteiger partial charge in [-0.1, -0.05) is 78.9 Å². The zero-order valence-corrected chi connectivity index (χ0v) is 16.6. The Bertz CT molecular complexity index is 1420. The lowest BCUT2D eigenvalue weighted by Crippen LogP contribution is -2.07. The zero-order chi connectivity index (χ0) is 20.5. The summed E-state index contributed by atoms with van der Waals surface area (Å²) in [7, 11) is 0. The summed E-state index contributed by atoms with van der Waals surface area (Å²) in [4.78, 5) is 13.0. The summed E-state index contributed by atoms with van der Waals surface area (Å²) in [5, 5.41) is 4.18. The summed E-state index contributed by atoms with van der Waals surface area (Å²) in [5.41, 5.74) is 3.80. The van der Waals surface area contributed by atoms with Gasteiger partial charge in [-0.25, -0.2) is 4.79 Å². The Morgan fingerprint density at radius 2 is 1.53 bits per heavy atom. The van der Waals surface area contributed by atoms with Gasteiger partial charge in [0.25, 0.3) is 0 Å². The van der Waals surface area contributed by atoms with Crippen LogP contribution in [0.1, 0.15) is 18.1 Å². The molecule has 0 fully saturated rings. The van der Waals surface area contributed by atoms with Crippen LogP contribution in [-0.4, -0.2) is 12.6 Å². The van der Waals surface area contributed by atoms with Crippen molar-refractivity contribution in [3.05, 3.63) is 96.1 Å². The topological polar surface area (TPSA) is 39.4 Å². The van der Waals surface area contributed by atoms with Crippen molar-refractivity contribution in [1.29, 1.82) is 0 Å². The average molecular weight is 392 g/mol. The first-order chi connectivity index (χ1) is 14.8. The number of hydrogen-bond acceptors (Lipinski definition) is 3. The number of hydrogen-bond donors (Lipinski definition) is 0. The van der Waals surface area contributed by atoms with Crippen molar-refractivity contribution in [1.82, 2.24) is 0 Å². The van der Waals surface area contributed by atoms with Crippen LogP contribution in [0, 0.1) is 0 Å². The van der Waals surface area contributed by atoms with E-state index in [0.717, 1.165) is 43.8 Å². The molecule has 146 valence electrons. The molecule has 1 heterocycles. The number of benzene rings is 4. The number of esters is 1. The van der Waals surface area contributed by atoms with Crippen molar-refractivity contribution < 1.29 is 13.9 Å². The molecule has 0 radical (unpaired) electrons. The first kappa shape index (κ1) is 18.2. The number of carbonyl (C=O) groups excluding carboxylic acids is 1. The molecular weight excluding hydrogens is 372 g/mol. The maximum Gasteiger partial charge on any atom is 0.338 e. The largest absolute Gasteiger partial charge is 0.462 e. The molecule has 3 nitrogen and oxygen atoms in total. The van der Waals surface area contributed by atoms with Gasteiger partial charge in [0, 0.05) is 16.3 Å². The van der Waals surface area contributed by atoms with E-state index in [9.17, 15) is 4.79 Å². The van der Waals surface area contributed by atoms with Gasteiger partial charge in [-0.2, -0.15) is 0 Å². The lowest BCUT2D eigenvalue weighted by Gasteiger charge is -2.11. The third-order valence-electron chi connectivity index (χ3n) is 5.31. The first-order valence-electron chi connectivity index (χ1n) is 10.0. The molecule has 0 atom stereocenters. The summed E-state index contributed by atoms with van der Waals surface area (Å²) in [6.07, 6.45) is 1.88. The average Bonchev–Trinajstić information content (AvgIpc) is 3.17. The van der Waals surface area contributed by atoms with Gasteiger partial charge in [-0.05, 0) is 35.4 Å². The Hall–Kier alpha value is -3.85. The first-order valence-corrected chi connectivity index (χ1v) is 10.0. The fourth-order valence-electron chi connectivity index (χ4n) is 3.95. The van der Waals surface area contributed by atoms with Crippen LogP contribution in [0.5, 0.6) is 0 Å². The van der Waals surface area contributed by atoms with E-state index in [1.165, 1.54) is 0 Å². The van der Waals surface area contributed by atoms with Crippen molar-refractivity contribution in [2.75, 3.05) is 6.61 Å². The van der Waals surface area contributed by atoms with Gasteiger partial charge in [0.15, 0.2) is 0 Å². The number of furan rings is 1. The number of rotatable bonds is 4. The lowest BCUT2D eigenvalue weighted by atomic mass is 9.96. The molecule has 0 N–H and O–H groups in total. The summed E-state index contributed by atoms with van der Waals surface area (Å²) < 4.78 is 11.6. The standard InChI is InChI=1S/C27H20O3/c1-2-29-27(28)24(21-14-7-10-18-9-3-4-12-20(18)21)17-19-11-8-15-23-22-13-5-6-16-25(22)30-26(19)23/h3-17H,2H2,1H3/b24-17-. The number of ether oxygens (including phenoxy) is 1. The monoisotopic (exact) mass is 392 g/mol. The predicted molar refractivity (Wildman–Crippen MR) is 122 cm³/mol. The zero-order valence-electron chi connectivity index (χ0n) is 16.6. The van der Waals surface area contributed by atoms with Gasteiger partial charge in [0.05, 0.1) is 12.2 Å². The third-order valence-corrected chi connectivity index (χ3v) is 5.31. The Morgan fingerprint density at radius 1 is 0.833 bits per heavy atom. The molecule has 0 spiro atoms. The molecule has 0 unspecified atom stereocenters. The van der Waals surface area contributed by atoms with Crippen LogP contribution < -0.4 is 0 Å². The summed E-state index contributed by atoms with van der Waals surface area (Å²) in [6.45, 7) is 2.13. The Morgan fingerprint density at radius 3 is 2.40 bits per heavy atom. The predicted octanol–water partition coefficient (Wildman–Crippen LogP) is 6.84. The van der Waals surface area contributed by atoms with Crippen LogP contribution in [0.4, 0.5) is 0 Å². The molecule has 0 aliphatic heterocycles. The van der Waals surface area contributed by atoms with Gasteiger partial charge in [-0.3, -0.25) is 0 Å². The normalized spacial score (nSPS) is 12.0. The van der Waals surface area contributed by atoms with E-state index in [4.69, 9.17) is 9.15 Å². The van der Waals surface area contributed by atoms with E-state index in [0.29, 0.717) is 12.2 Å². The lowest BCUT2D eigenvalue weighted by molar-refractivity contribution is -0.136. The molecule has 3 heteroatoms. The minimum absolute atomic E-state index is 0.315. The van der Waals surface area contributed by atoms with Crippen molar-refractivity contribution in [3.8, 4) is 0 Å². The summed E-state index contributed by atoms with van der Waals surface area (Å²) in [5.74, 6) is -0.345. The smallest absolute Gasteiger partial charge is 0.338 e. The molecule has 0 aliphatic rings. The molecule has 0 aliphatic carbocycles. The highest BCUT2D eigenvalue weighted by molar-refractivity contribution is 6.25. The van der Waals surface area contributed by atoms with Crippen molar-refractivity contribution >= 4 is 50.3 Å². The quantitative estimate of drug-likeness (QED) is 0.191. The van der Waals surface area contributed by atoms with E-state index < -0.39 is 0 Å². The maximum atomic E-state index is 13.0. The Balaban J connectivity index is 1.77. The molecule has 30 heavy (non-hydrogen) atoms. The van der Waals surface area contributed by atoms with Gasteiger partial charge < -0.3 is 9.15 Å². The fraction of sp³-hybridized carbons (Fsp3) is 0.0741. The molecule has 0 amide bonds. The molecule has 5 aromatic rings. The number of para-hydroxylation sites is 2. The second-order valence-corrected chi connectivity index (χ2v) is 7.13. The minimum Gasteiger partial charge on any atom is -0.462 e. The van der Waals surface area contributed by atoms with E-state index in [1.54, 1.807) is 0 Å². The van der Waals surface area contributed by atoms with Crippen LogP contribution in [0.15, 0.2) is 89.3 Å².